The Morgan fingerprint density at radius 1 is 1.08 bits per heavy atom. The molecular formula is C6H20O3P2S2. The largest absolute Gasteiger partial charge is 0.326 e. The zero-order chi connectivity index (χ0) is 11.3. The topological polar surface area (TPSA) is 57.5 Å². The van der Waals surface area contributed by atoms with Crippen LogP contribution in [-0.2, 0) is 4.57 Å². The summed E-state index contributed by atoms with van der Waals surface area (Å²) >= 11 is 6.44. The van der Waals surface area contributed by atoms with Gasteiger partial charge in [-0.1, -0.05) is 20.8 Å². The van der Waals surface area contributed by atoms with Crippen molar-refractivity contribution in [3.05, 3.63) is 0 Å². The van der Waals surface area contributed by atoms with Crippen LogP contribution in [0.2, 0.25) is 0 Å². The molecule has 0 unspecified atom stereocenters. The number of rotatable bonds is 3. The van der Waals surface area contributed by atoms with Gasteiger partial charge in [-0.3, -0.25) is 4.57 Å². The first kappa shape index (κ1) is 19.8. The molecule has 0 amide bonds. The summed E-state index contributed by atoms with van der Waals surface area (Å²) in [5.41, 5.74) is 0. The van der Waals surface area contributed by atoms with E-state index in [4.69, 9.17) is 14.4 Å². The second kappa shape index (κ2) is 18.9. The van der Waals surface area contributed by atoms with Crippen LogP contribution in [0.3, 0.4) is 0 Å². The Morgan fingerprint density at radius 2 is 1.23 bits per heavy atom. The second-order valence-electron chi connectivity index (χ2n) is 1.90. The Morgan fingerprint density at radius 3 is 1.23 bits per heavy atom. The van der Waals surface area contributed by atoms with E-state index in [1.807, 2.05) is 0 Å². The Labute approximate surface area is 93.3 Å². The summed E-state index contributed by atoms with van der Waals surface area (Å²) in [4.78, 5) is 14.3. The molecule has 2 N–H and O–H groups in total. The number of hydrogen-bond acceptors (Lipinski definition) is 3. The molecule has 0 aliphatic rings. The molecule has 0 fully saturated rings. The van der Waals surface area contributed by atoms with Crippen molar-refractivity contribution in [1.82, 2.24) is 0 Å². The molecule has 13 heavy (non-hydrogen) atoms. The van der Waals surface area contributed by atoms with Crippen molar-refractivity contribution in [2.24, 2.45) is 0 Å². The molecule has 0 bridgehead atoms. The normalized spacial score (nSPS) is 8.69. The molecule has 0 aliphatic heterocycles. The van der Waals surface area contributed by atoms with Crippen LogP contribution >= 0.6 is 39.5 Å². The SMILES string of the molecule is CCP(CC)CC.O=[PH](O)O.SS. The summed E-state index contributed by atoms with van der Waals surface area (Å²) < 4.78 is 8.74. The Balaban J connectivity index is -0.000000142. The van der Waals surface area contributed by atoms with E-state index in [9.17, 15) is 0 Å². The molecule has 0 aliphatic carbocycles. The Hall–Kier alpha value is 1.28. The summed E-state index contributed by atoms with van der Waals surface area (Å²) in [6.45, 7) is 6.87. The van der Waals surface area contributed by atoms with E-state index in [0.29, 0.717) is 7.92 Å². The standard InChI is InChI=1S/C6H15P.H3O3P.H2S2/c1-4-7(5-2)6-3;1-4(2)3;1-2/h4-6H2,1-3H3;4H,(H2,1,2,3);1-2H. The molecule has 84 valence electrons. The van der Waals surface area contributed by atoms with Crippen molar-refractivity contribution in [3.8, 4) is 0 Å². The minimum atomic E-state index is -3.13. The highest BCUT2D eigenvalue weighted by atomic mass is 33.1. The molecule has 0 atom stereocenters. The minimum Gasteiger partial charge on any atom is -0.326 e. The van der Waals surface area contributed by atoms with Crippen LogP contribution in [0.5, 0.6) is 0 Å². The maximum absolute atomic E-state index is 8.74. The Bertz CT molecular complexity index is 92.4. The van der Waals surface area contributed by atoms with Crippen LogP contribution in [0.15, 0.2) is 0 Å². The van der Waals surface area contributed by atoms with Crippen LogP contribution in [-0.4, -0.2) is 28.3 Å². The van der Waals surface area contributed by atoms with Crippen molar-refractivity contribution < 1.29 is 14.4 Å². The molecule has 3 nitrogen and oxygen atoms in total. The lowest BCUT2D eigenvalue weighted by Gasteiger charge is -2.07. The number of hydrogen-bond donors (Lipinski definition) is 4. The van der Waals surface area contributed by atoms with Gasteiger partial charge in [0.05, 0.1) is 0 Å². The average Bonchev–Trinajstić information content (AvgIpc) is 2.10. The molecule has 0 spiro atoms. The molecule has 0 saturated carbocycles. The molecule has 0 aromatic heterocycles. The fraction of sp³-hybridized carbons (Fsp3) is 1.00. The van der Waals surface area contributed by atoms with Gasteiger partial charge in [0.2, 0.25) is 0 Å². The van der Waals surface area contributed by atoms with E-state index >= 15 is 0 Å². The number of thiol groups is 2. The van der Waals surface area contributed by atoms with Crippen LogP contribution in [0.25, 0.3) is 0 Å². The van der Waals surface area contributed by atoms with Crippen molar-refractivity contribution in [2.45, 2.75) is 20.8 Å². The van der Waals surface area contributed by atoms with Gasteiger partial charge in [0.1, 0.15) is 0 Å². The lowest BCUT2D eigenvalue weighted by molar-refractivity contribution is 0.405. The predicted molar refractivity (Wildman–Crippen MR) is 70.0 cm³/mol. The van der Waals surface area contributed by atoms with Crippen molar-refractivity contribution in [3.63, 3.8) is 0 Å². The van der Waals surface area contributed by atoms with Gasteiger partial charge < -0.3 is 9.79 Å². The van der Waals surface area contributed by atoms with E-state index in [0.717, 1.165) is 0 Å². The van der Waals surface area contributed by atoms with Crippen molar-refractivity contribution in [2.75, 3.05) is 18.5 Å². The van der Waals surface area contributed by atoms with E-state index in [1.165, 1.54) is 18.5 Å². The smallest absolute Gasteiger partial charge is 0.314 e. The van der Waals surface area contributed by atoms with Crippen molar-refractivity contribution >= 4 is 39.5 Å². The highest BCUT2D eigenvalue weighted by Gasteiger charge is 1.94. The average molecular weight is 266 g/mol. The predicted octanol–water partition coefficient (Wildman–Crippen LogP) is 2.65. The van der Waals surface area contributed by atoms with Crippen LogP contribution < -0.4 is 0 Å². The van der Waals surface area contributed by atoms with Crippen LogP contribution in [0.4, 0.5) is 0 Å². The maximum atomic E-state index is 8.74. The summed E-state index contributed by atoms with van der Waals surface area (Å²) in [6.07, 6.45) is 4.26. The minimum absolute atomic E-state index is 0.446. The third-order valence-corrected chi connectivity index (χ3v) is 4.02. The summed E-state index contributed by atoms with van der Waals surface area (Å²) in [6, 6.07) is 0. The molecular weight excluding hydrogens is 246 g/mol. The van der Waals surface area contributed by atoms with Gasteiger partial charge in [-0.25, -0.2) is 0 Å². The van der Waals surface area contributed by atoms with Gasteiger partial charge in [0.15, 0.2) is 0 Å². The van der Waals surface area contributed by atoms with Crippen molar-refractivity contribution in [1.29, 1.82) is 0 Å². The van der Waals surface area contributed by atoms with Gasteiger partial charge in [0, 0.05) is 0 Å². The lowest BCUT2D eigenvalue weighted by atomic mass is 10.9. The molecule has 0 rings (SSSR count). The summed E-state index contributed by atoms with van der Waals surface area (Å²) in [5.74, 6) is 0. The molecule has 0 saturated heterocycles. The highest BCUT2D eigenvalue weighted by molar-refractivity contribution is 8.59. The second-order valence-corrected chi connectivity index (χ2v) is 5.71. The quantitative estimate of drug-likeness (QED) is 0.361. The Kier molecular flexibility index (Phi) is 28.9. The van der Waals surface area contributed by atoms with E-state index in [-0.39, 0.29) is 0 Å². The first-order chi connectivity index (χ1) is 6.08. The zero-order valence-corrected chi connectivity index (χ0v) is 11.9. The summed E-state index contributed by atoms with van der Waals surface area (Å²) in [5, 5.41) is 0. The van der Waals surface area contributed by atoms with Gasteiger partial charge >= 0.3 is 8.25 Å². The van der Waals surface area contributed by atoms with E-state index < -0.39 is 8.25 Å². The first-order valence-corrected chi connectivity index (χ1v) is 8.72. The third kappa shape index (κ3) is 31.9. The zero-order valence-electron chi connectivity index (χ0n) is 8.27. The van der Waals surface area contributed by atoms with Gasteiger partial charge in [-0.05, 0) is 18.5 Å². The molecule has 7 heteroatoms. The maximum Gasteiger partial charge on any atom is 0.314 e. The van der Waals surface area contributed by atoms with Crippen LogP contribution in [0, 0.1) is 0 Å². The fourth-order valence-electron chi connectivity index (χ4n) is 0.671. The molecule has 0 radical (unpaired) electrons. The first-order valence-electron chi connectivity index (χ1n) is 3.92. The molecule has 0 aromatic rings. The highest BCUT2D eigenvalue weighted by Crippen LogP contribution is 2.32. The van der Waals surface area contributed by atoms with Gasteiger partial charge in [0.25, 0.3) is 0 Å². The third-order valence-electron chi connectivity index (χ3n) is 1.34. The lowest BCUT2D eigenvalue weighted by Crippen LogP contribution is -1.83. The molecule has 0 aromatic carbocycles. The van der Waals surface area contributed by atoms with E-state index in [2.05, 4.69) is 44.1 Å². The monoisotopic (exact) mass is 266 g/mol. The summed E-state index contributed by atoms with van der Waals surface area (Å²) in [7, 11) is -2.68. The van der Waals surface area contributed by atoms with Crippen LogP contribution in [0.1, 0.15) is 20.8 Å². The molecule has 0 heterocycles. The van der Waals surface area contributed by atoms with E-state index in [1.54, 1.807) is 0 Å². The van der Waals surface area contributed by atoms with Gasteiger partial charge in [-0.2, -0.15) is 0 Å². The van der Waals surface area contributed by atoms with Gasteiger partial charge in [-0.15, -0.1) is 31.2 Å². The fourth-order valence-corrected chi connectivity index (χ4v) is 2.01.